The van der Waals surface area contributed by atoms with Gasteiger partial charge in [0.05, 0.1) is 15.6 Å². The van der Waals surface area contributed by atoms with Crippen molar-refractivity contribution in [3.63, 3.8) is 0 Å². The molecule has 0 heterocycles. The molecule has 0 aromatic heterocycles. The average Bonchev–Trinajstić information content (AvgIpc) is 2.56. The Bertz CT molecular complexity index is 747. The molecule has 0 atom stereocenters. The Balaban J connectivity index is 1.87. The van der Waals surface area contributed by atoms with Crippen LogP contribution in [-0.4, -0.2) is 24.4 Å². The maximum Gasteiger partial charge on any atom is 0.338 e. The first-order valence-corrected chi connectivity index (χ1v) is 7.24. The van der Waals surface area contributed by atoms with E-state index >= 15 is 0 Å². The maximum absolute atomic E-state index is 11.8. The fourth-order valence-electron chi connectivity index (χ4n) is 1.66. The Morgan fingerprint density at radius 1 is 0.913 bits per heavy atom. The van der Waals surface area contributed by atoms with E-state index in [1.807, 2.05) is 0 Å². The van der Waals surface area contributed by atoms with Crippen molar-refractivity contribution in [1.29, 1.82) is 0 Å². The molecule has 0 aliphatic heterocycles. The third-order valence-electron chi connectivity index (χ3n) is 2.78. The van der Waals surface area contributed by atoms with Crippen molar-refractivity contribution < 1.29 is 19.1 Å². The van der Waals surface area contributed by atoms with Crippen LogP contribution in [0.3, 0.4) is 0 Å². The molecule has 5 nitrogen and oxygen atoms in total. The van der Waals surface area contributed by atoms with Crippen LogP contribution in [0.25, 0.3) is 0 Å². The standard InChI is InChI=1S/C16H11Cl2NO4/c17-12-7-6-11(8-13(12)18)16(22)23-9-14(20)19-15(21)10-4-2-1-3-5-10/h1-8H,9H2,(H,19,20,21). The lowest BCUT2D eigenvalue weighted by Crippen LogP contribution is -2.34. The molecule has 2 aromatic rings. The van der Waals surface area contributed by atoms with Gasteiger partial charge in [-0.1, -0.05) is 41.4 Å². The molecule has 0 saturated carbocycles. The highest BCUT2D eigenvalue weighted by Crippen LogP contribution is 2.22. The molecule has 7 heteroatoms. The second kappa shape index (κ2) is 7.76. The number of rotatable bonds is 4. The SMILES string of the molecule is O=C(COC(=O)c1ccc(Cl)c(Cl)c1)NC(=O)c1ccccc1. The number of nitrogens with one attached hydrogen (secondary N) is 1. The lowest BCUT2D eigenvalue weighted by Gasteiger charge is -2.06. The Hall–Kier alpha value is -2.37. The zero-order valence-corrected chi connectivity index (χ0v) is 13.2. The quantitative estimate of drug-likeness (QED) is 0.859. The normalized spacial score (nSPS) is 10.0. The molecule has 0 unspecified atom stereocenters. The van der Waals surface area contributed by atoms with Gasteiger partial charge < -0.3 is 4.74 Å². The monoisotopic (exact) mass is 351 g/mol. The molecule has 0 radical (unpaired) electrons. The predicted molar refractivity (Wildman–Crippen MR) is 85.7 cm³/mol. The molecule has 0 fully saturated rings. The summed E-state index contributed by atoms with van der Waals surface area (Å²) in [6, 6.07) is 12.4. The Morgan fingerprint density at radius 3 is 2.26 bits per heavy atom. The molecule has 23 heavy (non-hydrogen) atoms. The van der Waals surface area contributed by atoms with Crippen LogP contribution in [0.5, 0.6) is 0 Å². The number of imide groups is 1. The van der Waals surface area contributed by atoms with E-state index in [1.54, 1.807) is 30.3 Å². The highest BCUT2D eigenvalue weighted by Gasteiger charge is 2.14. The minimum Gasteiger partial charge on any atom is -0.452 e. The Morgan fingerprint density at radius 2 is 1.61 bits per heavy atom. The van der Waals surface area contributed by atoms with Gasteiger partial charge in [-0.2, -0.15) is 0 Å². The van der Waals surface area contributed by atoms with Crippen LogP contribution in [0, 0.1) is 0 Å². The number of halogens is 2. The highest BCUT2D eigenvalue weighted by atomic mass is 35.5. The fourth-order valence-corrected chi connectivity index (χ4v) is 1.96. The summed E-state index contributed by atoms with van der Waals surface area (Å²) >= 11 is 11.5. The molecule has 2 amide bonds. The van der Waals surface area contributed by atoms with Gasteiger partial charge in [0.2, 0.25) is 0 Å². The molecule has 0 aliphatic rings. The summed E-state index contributed by atoms with van der Waals surface area (Å²) in [6.45, 7) is -0.586. The molecule has 118 valence electrons. The van der Waals surface area contributed by atoms with E-state index in [9.17, 15) is 14.4 Å². The van der Waals surface area contributed by atoms with Crippen molar-refractivity contribution in [2.45, 2.75) is 0 Å². The summed E-state index contributed by atoms with van der Waals surface area (Å²) < 4.78 is 4.82. The molecule has 2 rings (SSSR count). The van der Waals surface area contributed by atoms with Crippen molar-refractivity contribution >= 4 is 41.0 Å². The molecule has 0 spiro atoms. The van der Waals surface area contributed by atoms with E-state index in [-0.39, 0.29) is 10.6 Å². The number of amides is 2. The number of ether oxygens (including phenoxy) is 1. The number of hydrogen-bond donors (Lipinski definition) is 1. The van der Waals surface area contributed by atoms with Gasteiger partial charge in [0, 0.05) is 5.56 Å². The van der Waals surface area contributed by atoms with Crippen LogP contribution in [0.2, 0.25) is 10.0 Å². The number of hydrogen-bond acceptors (Lipinski definition) is 4. The third-order valence-corrected chi connectivity index (χ3v) is 3.52. The second-order valence-electron chi connectivity index (χ2n) is 4.45. The summed E-state index contributed by atoms with van der Waals surface area (Å²) in [7, 11) is 0. The highest BCUT2D eigenvalue weighted by molar-refractivity contribution is 6.42. The summed E-state index contributed by atoms with van der Waals surface area (Å²) in [6.07, 6.45) is 0. The molecule has 0 aliphatic carbocycles. The van der Waals surface area contributed by atoms with E-state index < -0.39 is 24.4 Å². The lowest BCUT2D eigenvalue weighted by atomic mass is 10.2. The zero-order chi connectivity index (χ0) is 16.8. The fraction of sp³-hybridized carbons (Fsp3) is 0.0625. The number of carbonyl (C=O) groups excluding carboxylic acids is 3. The van der Waals surface area contributed by atoms with Gasteiger partial charge in [-0.3, -0.25) is 14.9 Å². The van der Waals surface area contributed by atoms with E-state index in [4.69, 9.17) is 27.9 Å². The predicted octanol–water partition coefficient (Wildman–Crippen LogP) is 3.11. The summed E-state index contributed by atoms with van der Waals surface area (Å²) in [5.41, 5.74) is 0.484. The van der Waals surface area contributed by atoms with E-state index in [2.05, 4.69) is 5.32 Å². The molecule has 1 N–H and O–H groups in total. The zero-order valence-electron chi connectivity index (χ0n) is 11.7. The average molecular weight is 352 g/mol. The first-order valence-electron chi connectivity index (χ1n) is 6.49. The van der Waals surface area contributed by atoms with Gasteiger partial charge in [-0.15, -0.1) is 0 Å². The number of carbonyl (C=O) groups is 3. The minimum atomic E-state index is -0.745. The Labute approximate surface area is 142 Å². The molecular formula is C16H11Cl2NO4. The van der Waals surface area contributed by atoms with E-state index in [1.165, 1.54) is 18.2 Å². The number of benzene rings is 2. The maximum atomic E-state index is 11.8. The Kier molecular flexibility index (Phi) is 5.73. The van der Waals surface area contributed by atoms with Crippen LogP contribution in [0.1, 0.15) is 20.7 Å². The molecule has 0 saturated heterocycles. The van der Waals surface area contributed by atoms with E-state index in [0.717, 1.165) is 0 Å². The van der Waals surface area contributed by atoms with Crippen molar-refractivity contribution in [3.05, 3.63) is 69.7 Å². The van der Waals surface area contributed by atoms with Crippen molar-refractivity contribution in [1.82, 2.24) is 5.32 Å². The lowest BCUT2D eigenvalue weighted by molar-refractivity contribution is -0.123. The van der Waals surface area contributed by atoms with Crippen molar-refractivity contribution in [2.24, 2.45) is 0 Å². The van der Waals surface area contributed by atoms with Crippen molar-refractivity contribution in [2.75, 3.05) is 6.61 Å². The molecular weight excluding hydrogens is 341 g/mol. The van der Waals surface area contributed by atoms with Crippen LogP contribution in [0.4, 0.5) is 0 Å². The van der Waals surface area contributed by atoms with Crippen LogP contribution in [-0.2, 0) is 9.53 Å². The van der Waals surface area contributed by atoms with Gasteiger partial charge in [-0.25, -0.2) is 4.79 Å². The summed E-state index contributed by atoms with van der Waals surface area (Å²) in [5, 5.41) is 2.62. The van der Waals surface area contributed by atoms with Gasteiger partial charge in [0.15, 0.2) is 6.61 Å². The van der Waals surface area contributed by atoms with E-state index in [0.29, 0.717) is 10.6 Å². The third kappa shape index (κ3) is 4.81. The first kappa shape index (κ1) is 17.0. The van der Waals surface area contributed by atoms with Gasteiger partial charge in [-0.05, 0) is 30.3 Å². The van der Waals surface area contributed by atoms with Crippen LogP contribution >= 0.6 is 23.2 Å². The van der Waals surface area contributed by atoms with Gasteiger partial charge >= 0.3 is 5.97 Å². The van der Waals surface area contributed by atoms with Gasteiger partial charge in [0.1, 0.15) is 0 Å². The molecule has 2 aromatic carbocycles. The first-order chi connectivity index (χ1) is 11.0. The smallest absolute Gasteiger partial charge is 0.338 e. The molecule has 0 bridgehead atoms. The second-order valence-corrected chi connectivity index (χ2v) is 5.26. The summed E-state index contributed by atoms with van der Waals surface area (Å²) in [4.78, 5) is 35.2. The number of esters is 1. The van der Waals surface area contributed by atoms with Crippen LogP contribution < -0.4 is 5.32 Å². The van der Waals surface area contributed by atoms with Crippen molar-refractivity contribution in [3.8, 4) is 0 Å². The van der Waals surface area contributed by atoms with Gasteiger partial charge in [0.25, 0.3) is 11.8 Å². The van der Waals surface area contributed by atoms with Crippen LogP contribution in [0.15, 0.2) is 48.5 Å². The largest absolute Gasteiger partial charge is 0.452 e. The minimum absolute atomic E-state index is 0.154. The summed E-state index contributed by atoms with van der Waals surface area (Å²) in [5.74, 6) is -2.04. The topological polar surface area (TPSA) is 72.5 Å².